The summed E-state index contributed by atoms with van der Waals surface area (Å²) >= 11 is 0. The maximum absolute atomic E-state index is 6.31. The van der Waals surface area contributed by atoms with Gasteiger partial charge in [-0.25, -0.2) is 4.98 Å². The molecule has 27 heavy (non-hydrogen) atoms. The first-order valence-corrected chi connectivity index (χ1v) is 10.3. The number of methoxy groups -OCH3 is 2. The molecule has 2 heterocycles. The first kappa shape index (κ1) is 18.6. The van der Waals surface area contributed by atoms with E-state index in [-0.39, 0.29) is 6.29 Å². The Labute approximate surface area is 161 Å². The van der Waals surface area contributed by atoms with Crippen molar-refractivity contribution < 1.29 is 9.47 Å². The van der Waals surface area contributed by atoms with Gasteiger partial charge in [0.25, 0.3) is 0 Å². The zero-order valence-electron chi connectivity index (χ0n) is 16.6. The number of imidazole rings is 1. The Morgan fingerprint density at radius 2 is 1.74 bits per heavy atom. The minimum atomic E-state index is -0.0952. The Kier molecular flexibility index (Phi) is 5.55. The van der Waals surface area contributed by atoms with Crippen LogP contribution in [0, 0.1) is 5.92 Å². The Morgan fingerprint density at radius 1 is 1.04 bits per heavy atom. The number of piperidine rings is 1. The van der Waals surface area contributed by atoms with Gasteiger partial charge in [0.15, 0.2) is 6.29 Å². The summed E-state index contributed by atoms with van der Waals surface area (Å²) in [6.45, 7) is 2.04. The number of ether oxygens (including phenoxy) is 2. The number of fused-ring (bicyclic) bond motifs is 1. The molecule has 2 fully saturated rings. The molecule has 0 amide bonds. The summed E-state index contributed by atoms with van der Waals surface area (Å²) in [5.74, 6) is 1.12. The first-order chi connectivity index (χ1) is 13.2. The first-order valence-electron chi connectivity index (χ1n) is 10.3. The minimum Gasteiger partial charge on any atom is -0.371 e. The molecule has 148 valence electrons. The van der Waals surface area contributed by atoms with Gasteiger partial charge in [-0.05, 0) is 43.9 Å². The van der Waals surface area contributed by atoms with E-state index in [1.54, 1.807) is 14.2 Å². The van der Waals surface area contributed by atoms with Crippen LogP contribution in [0.25, 0.3) is 11.0 Å². The van der Waals surface area contributed by atoms with Crippen molar-refractivity contribution in [1.29, 1.82) is 0 Å². The van der Waals surface area contributed by atoms with Crippen molar-refractivity contribution in [3.8, 4) is 0 Å². The molecule has 0 bridgehead atoms. The summed E-state index contributed by atoms with van der Waals surface area (Å²) in [4.78, 5) is 7.09. The molecule has 0 spiro atoms. The molecule has 2 N–H and O–H groups in total. The van der Waals surface area contributed by atoms with Crippen molar-refractivity contribution in [2.24, 2.45) is 5.92 Å². The zero-order valence-corrected chi connectivity index (χ0v) is 16.6. The molecule has 1 aliphatic carbocycles. The van der Waals surface area contributed by atoms with Crippen molar-refractivity contribution >= 4 is 22.7 Å². The van der Waals surface area contributed by atoms with Crippen LogP contribution in [-0.4, -0.2) is 43.2 Å². The molecule has 0 atom stereocenters. The molecule has 1 aromatic carbocycles. The molecule has 6 heteroatoms. The van der Waals surface area contributed by atoms with Crippen molar-refractivity contribution in [3.63, 3.8) is 0 Å². The lowest BCUT2D eigenvalue weighted by Crippen LogP contribution is -2.39. The number of hydrogen-bond donors (Lipinski definition) is 1. The highest BCUT2D eigenvalue weighted by molar-refractivity contribution is 5.82. The van der Waals surface area contributed by atoms with Gasteiger partial charge in [0, 0.05) is 45.0 Å². The topological polar surface area (TPSA) is 65.5 Å². The lowest BCUT2D eigenvalue weighted by molar-refractivity contribution is -0.141. The third-order valence-corrected chi connectivity index (χ3v) is 6.39. The molecule has 2 aliphatic rings. The average molecular weight is 373 g/mol. The third kappa shape index (κ3) is 3.65. The monoisotopic (exact) mass is 372 g/mol. The fourth-order valence-corrected chi connectivity index (χ4v) is 4.93. The number of anilines is 2. The van der Waals surface area contributed by atoms with E-state index < -0.39 is 0 Å². The molecule has 0 unspecified atom stereocenters. The quantitative estimate of drug-likeness (QED) is 0.805. The molecule has 2 aromatic rings. The van der Waals surface area contributed by atoms with E-state index in [2.05, 4.69) is 32.7 Å². The third-order valence-electron chi connectivity index (χ3n) is 6.39. The Bertz CT molecular complexity index is 757. The smallest absolute Gasteiger partial charge is 0.201 e. The summed E-state index contributed by atoms with van der Waals surface area (Å²) in [6, 6.07) is 7.09. The van der Waals surface area contributed by atoms with Gasteiger partial charge in [-0.2, -0.15) is 0 Å². The van der Waals surface area contributed by atoms with Gasteiger partial charge in [0.05, 0.1) is 11.0 Å². The number of rotatable bonds is 5. The van der Waals surface area contributed by atoms with Crippen LogP contribution >= 0.6 is 0 Å². The summed E-state index contributed by atoms with van der Waals surface area (Å²) in [6.07, 6.45) is 8.40. The molecule has 1 saturated carbocycles. The highest BCUT2D eigenvalue weighted by Gasteiger charge is 2.27. The van der Waals surface area contributed by atoms with Crippen molar-refractivity contribution in [3.05, 3.63) is 18.2 Å². The number of aromatic nitrogens is 2. The van der Waals surface area contributed by atoms with Crippen LogP contribution in [0.5, 0.6) is 0 Å². The van der Waals surface area contributed by atoms with Crippen molar-refractivity contribution in [1.82, 2.24) is 9.55 Å². The number of benzene rings is 1. The van der Waals surface area contributed by atoms with Crippen LogP contribution in [0.3, 0.4) is 0 Å². The number of nitrogens with two attached hydrogens (primary N) is 1. The minimum absolute atomic E-state index is 0.0952. The second kappa shape index (κ2) is 8.07. The van der Waals surface area contributed by atoms with Crippen LogP contribution in [-0.2, 0) is 9.47 Å². The van der Waals surface area contributed by atoms with Gasteiger partial charge in [-0.1, -0.05) is 19.3 Å². The van der Waals surface area contributed by atoms with E-state index in [1.807, 2.05) is 0 Å². The fourth-order valence-electron chi connectivity index (χ4n) is 4.93. The van der Waals surface area contributed by atoms with E-state index in [1.165, 1.54) is 43.3 Å². The molecule has 1 saturated heterocycles. The maximum Gasteiger partial charge on any atom is 0.201 e. The summed E-state index contributed by atoms with van der Waals surface area (Å²) in [5, 5.41) is 0. The molecular weight excluding hydrogens is 340 g/mol. The number of nitrogen functional groups attached to an aromatic ring is 1. The predicted octanol–water partition coefficient (Wildman–Crippen LogP) is 3.96. The lowest BCUT2D eigenvalue weighted by Gasteiger charge is -2.36. The van der Waals surface area contributed by atoms with E-state index in [4.69, 9.17) is 15.2 Å². The van der Waals surface area contributed by atoms with E-state index in [0.717, 1.165) is 31.4 Å². The second-order valence-electron chi connectivity index (χ2n) is 7.97. The van der Waals surface area contributed by atoms with Gasteiger partial charge in [-0.15, -0.1) is 0 Å². The average Bonchev–Trinajstić information content (AvgIpc) is 3.05. The van der Waals surface area contributed by atoms with Crippen LogP contribution in [0.2, 0.25) is 0 Å². The normalized spacial score (nSPS) is 20.0. The van der Waals surface area contributed by atoms with Gasteiger partial charge >= 0.3 is 0 Å². The summed E-state index contributed by atoms with van der Waals surface area (Å²) < 4.78 is 13.2. The van der Waals surface area contributed by atoms with Crippen molar-refractivity contribution in [2.75, 3.05) is 37.9 Å². The van der Waals surface area contributed by atoms with E-state index in [9.17, 15) is 0 Å². The Hall–Kier alpha value is -1.79. The molecule has 4 rings (SSSR count). The number of hydrogen-bond acceptors (Lipinski definition) is 5. The van der Waals surface area contributed by atoms with E-state index >= 15 is 0 Å². The summed E-state index contributed by atoms with van der Waals surface area (Å²) in [5.41, 5.74) is 9.77. The fraction of sp³-hybridized carbons (Fsp3) is 0.667. The van der Waals surface area contributed by atoms with Crippen molar-refractivity contribution in [2.45, 2.75) is 57.3 Å². The van der Waals surface area contributed by atoms with Crippen LogP contribution in [0.4, 0.5) is 11.6 Å². The largest absolute Gasteiger partial charge is 0.371 e. The second-order valence-corrected chi connectivity index (χ2v) is 7.97. The maximum atomic E-state index is 6.31. The van der Waals surface area contributed by atoms with Gasteiger partial charge < -0.3 is 24.7 Å². The highest BCUT2D eigenvalue weighted by atomic mass is 16.7. The standard InChI is InChI=1S/C21H32N4O2/c1-26-20(27-2)15-10-12-24(13-11-15)17-8-9-18-19(14-17)25(21(22)23-18)16-6-4-3-5-7-16/h8-9,14-16,20H,3-7,10-13H2,1-2H3,(H2,22,23). The van der Waals surface area contributed by atoms with Gasteiger partial charge in [0.1, 0.15) is 0 Å². The molecule has 0 radical (unpaired) electrons. The SMILES string of the molecule is COC(OC)C1CCN(c2ccc3nc(N)n(C4CCCCC4)c3c2)CC1. The Balaban J connectivity index is 1.55. The van der Waals surface area contributed by atoms with Crippen LogP contribution in [0.15, 0.2) is 18.2 Å². The van der Waals surface area contributed by atoms with Gasteiger partial charge in [-0.3, -0.25) is 0 Å². The molecule has 1 aromatic heterocycles. The van der Waals surface area contributed by atoms with Crippen LogP contribution < -0.4 is 10.6 Å². The lowest BCUT2D eigenvalue weighted by atomic mass is 9.95. The van der Waals surface area contributed by atoms with E-state index in [0.29, 0.717) is 17.9 Å². The van der Waals surface area contributed by atoms with Crippen LogP contribution in [0.1, 0.15) is 51.0 Å². The highest BCUT2D eigenvalue weighted by Crippen LogP contribution is 2.35. The Morgan fingerprint density at radius 3 is 2.41 bits per heavy atom. The molecule has 1 aliphatic heterocycles. The summed E-state index contributed by atoms with van der Waals surface area (Å²) in [7, 11) is 3.45. The molecular formula is C21H32N4O2. The predicted molar refractivity (Wildman–Crippen MR) is 109 cm³/mol. The number of nitrogens with zero attached hydrogens (tertiary/aromatic N) is 3. The molecule has 6 nitrogen and oxygen atoms in total. The zero-order chi connectivity index (χ0) is 18.8. The van der Waals surface area contributed by atoms with Gasteiger partial charge in [0.2, 0.25) is 5.95 Å².